The highest BCUT2D eigenvalue weighted by Gasteiger charge is 2.35. The number of ether oxygens (including phenoxy) is 2. The van der Waals surface area contributed by atoms with Crippen LogP contribution in [0.1, 0.15) is 37.6 Å². The summed E-state index contributed by atoms with van der Waals surface area (Å²) >= 11 is 0. The number of carbonyl (C=O) groups excluding carboxylic acids is 2. The van der Waals surface area contributed by atoms with Gasteiger partial charge < -0.3 is 20.1 Å². The number of hydrogen-bond donors (Lipinski definition) is 1. The van der Waals surface area contributed by atoms with Gasteiger partial charge in [-0.3, -0.25) is 14.5 Å². The van der Waals surface area contributed by atoms with E-state index in [4.69, 9.17) is 15.2 Å². The van der Waals surface area contributed by atoms with Gasteiger partial charge in [0, 0.05) is 31.0 Å². The lowest BCUT2D eigenvalue weighted by atomic mass is 10.1. The second-order valence-corrected chi connectivity index (χ2v) is 11.3. The van der Waals surface area contributed by atoms with E-state index in [9.17, 15) is 22.4 Å². The van der Waals surface area contributed by atoms with Gasteiger partial charge in [0.15, 0.2) is 21.8 Å². The third kappa shape index (κ3) is 6.65. The van der Waals surface area contributed by atoms with Gasteiger partial charge in [0.1, 0.15) is 17.6 Å². The molecule has 2 atom stereocenters. The van der Waals surface area contributed by atoms with Crippen LogP contribution in [0.2, 0.25) is 0 Å². The van der Waals surface area contributed by atoms with E-state index in [1.165, 1.54) is 34.2 Å². The lowest BCUT2D eigenvalue weighted by Crippen LogP contribution is -2.50. The zero-order chi connectivity index (χ0) is 25.3. The molecule has 2 amide bonds. The molecule has 3 heterocycles. The smallest absolute Gasteiger partial charge is 0.410 e. The van der Waals surface area contributed by atoms with E-state index in [1.807, 2.05) is 0 Å². The Morgan fingerprint density at radius 2 is 2.00 bits per heavy atom. The predicted molar refractivity (Wildman–Crippen MR) is 121 cm³/mol. The highest BCUT2D eigenvalue weighted by molar-refractivity contribution is 7.89. The minimum absolute atomic E-state index is 0.0114. The lowest BCUT2D eigenvalue weighted by molar-refractivity contribution is -0.0107. The number of aromatic nitrogens is 3. The molecule has 1 saturated heterocycles. The molecule has 3 rings (SSSR count). The first-order valence-corrected chi connectivity index (χ1v) is 12.6. The molecule has 0 radical (unpaired) electrons. The van der Waals surface area contributed by atoms with Crippen LogP contribution in [0.5, 0.6) is 5.75 Å². The average molecular weight is 498 g/mol. The zero-order valence-corrected chi connectivity index (χ0v) is 20.2. The van der Waals surface area contributed by atoms with Gasteiger partial charge in [-0.2, -0.15) is 5.10 Å². The van der Waals surface area contributed by atoms with Crippen molar-refractivity contribution in [3.63, 3.8) is 0 Å². The Hall–Kier alpha value is -3.22. The fourth-order valence-electron chi connectivity index (χ4n) is 3.37. The molecule has 2 aromatic rings. The number of carbonyl (C=O) groups is 2. The summed E-state index contributed by atoms with van der Waals surface area (Å²) in [5.41, 5.74) is 5.58. The number of hydrogen-bond acceptors (Lipinski definition) is 8. The molecule has 1 aliphatic heterocycles. The van der Waals surface area contributed by atoms with Crippen LogP contribution in [-0.4, -0.2) is 77.3 Å². The van der Waals surface area contributed by atoms with Crippen molar-refractivity contribution in [1.29, 1.82) is 0 Å². The van der Waals surface area contributed by atoms with E-state index in [0.29, 0.717) is 11.3 Å². The summed E-state index contributed by atoms with van der Waals surface area (Å²) in [5, 5.41) is 3.98. The number of likely N-dealkylation sites (tertiary alicyclic amines) is 1. The molecule has 2 aromatic heterocycles. The molecule has 0 saturated carbocycles. The highest BCUT2D eigenvalue weighted by atomic mass is 32.2. The van der Waals surface area contributed by atoms with Gasteiger partial charge in [0.25, 0.3) is 5.91 Å². The van der Waals surface area contributed by atoms with E-state index < -0.39 is 39.7 Å². The van der Waals surface area contributed by atoms with Crippen LogP contribution in [-0.2, 0) is 20.5 Å². The predicted octanol–water partition coefficient (Wildman–Crippen LogP) is 1.77. The molecule has 0 aromatic carbocycles. The third-order valence-electron chi connectivity index (χ3n) is 4.84. The molecule has 0 unspecified atom stereocenters. The van der Waals surface area contributed by atoms with Gasteiger partial charge in [-0.15, -0.1) is 0 Å². The molecule has 11 nitrogen and oxygen atoms in total. The second-order valence-electron chi connectivity index (χ2n) is 9.14. The van der Waals surface area contributed by atoms with Crippen molar-refractivity contribution in [2.75, 3.05) is 19.3 Å². The lowest BCUT2D eigenvalue weighted by Gasteiger charge is -2.35. The van der Waals surface area contributed by atoms with E-state index in [0.717, 1.165) is 6.26 Å². The van der Waals surface area contributed by atoms with Crippen LogP contribution in [0.25, 0.3) is 11.3 Å². The van der Waals surface area contributed by atoms with Crippen molar-refractivity contribution in [3.05, 3.63) is 30.2 Å². The Bertz CT molecular complexity index is 1180. The van der Waals surface area contributed by atoms with Gasteiger partial charge >= 0.3 is 6.09 Å². The number of piperidine rings is 1. The third-order valence-corrected chi connectivity index (χ3v) is 5.57. The van der Waals surface area contributed by atoms with Crippen LogP contribution in [0.3, 0.4) is 0 Å². The molecule has 2 N–H and O–H groups in total. The molecular formula is C21H28FN5O6S. The normalized spacial score (nSPS) is 19.0. The monoisotopic (exact) mass is 497 g/mol. The quantitative estimate of drug-likeness (QED) is 0.635. The van der Waals surface area contributed by atoms with E-state index in [-0.39, 0.29) is 36.7 Å². The van der Waals surface area contributed by atoms with Gasteiger partial charge in [-0.05, 0) is 26.8 Å². The Labute approximate surface area is 196 Å². The maximum atomic E-state index is 14.8. The fraction of sp³-hybridized carbons (Fsp3) is 0.524. The fourth-order valence-corrected chi connectivity index (χ4v) is 3.99. The number of halogens is 1. The van der Waals surface area contributed by atoms with Gasteiger partial charge in [-0.25, -0.2) is 17.6 Å². The van der Waals surface area contributed by atoms with Crippen LogP contribution < -0.4 is 10.5 Å². The Morgan fingerprint density at radius 3 is 2.59 bits per heavy atom. The number of primary amides is 1. The molecule has 0 bridgehead atoms. The summed E-state index contributed by atoms with van der Waals surface area (Å²) < 4.78 is 50.0. The highest BCUT2D eigenvalue weighted by Crippen LogP contribution is 2.28. The Balaban J connectivity index is 1.73. The van der Waals surface area contributed by atoms with Crippen molar-refractivity contribution in [2.24, 2.45) is 5.73 Å². The van der Waals surface area contributed by atoms with E-state index in [2.05, 4.69) is 10.1 Å². The minimum Gasteiger partial charge on any atom is -0.485 e. The Morgan fingerprint density at radius 1 is 1.29 bits per heavy atom. The number of pyridine rings is 1. The molecule has 0 aliphatic carbocycles. The number of rotatable bonds is 6. The number of nitrogens with zero attached hydrogens (tertiary/aromatic N) is 4. The maximum Gasteiger partial charge on any atom is 0.410 e. The largest absolute Gasteiger partial charge is 0.485 e. The number of nitrogens with two attached hydrogens (primary N) is 1. The first-order valence-electron chi connectivity index (χ1n) is 10.5. The SMILES string of the molecule is CC(C)(C)OC(=O)N1CC[C@@H](Oc2cnc(-c3cnn(CS(C)(=O)=O)c3)cc2C(N)=O)[C@@H](F)C1. The van der Waals surface area contributed by atoms with Crippen molar-refractivity contribution >= 4 is 21.8 Å². The topological polar surface area (TPSA) is 147 Å². The molecule has 13 heteroatoms. The molecular weight excluding hydrogens is 469 g/mol. The molecule has 1 fully saturated rings. The van der Waals surface area contributed by atoms with Crippen molar-refractivity contribution in [2.45, 2.75) is 50.9 Å². The van der Waals surface area contributed by atoms with Gasteiger partial charge in [0.05, 0.1) is 30.2 Å². The summed E-state index contributed by atoms with van der Waals surface area (Å²) in [5.74, 6) is -1.10. The number of sulfone groups is 1. The van der Waals surface area contributed by atoms with Gasteiger partial charge in [0.2, 0.25) is 0 Å². The van der Waals surface area contributed by atoms with Crippen molar-refractivity contribution in [1.82, 2.24) is 19.7 Å². The molecule has 186 valence electrons. The average Bonchev–Trinajstić information content (AvgIpc) is 3.14. The summed E-state index contributed by atoms with van der Waals surface area (Å²) in [4.78, 5) is 29.8. The standard InChI is InChI=1S/C21H28FN5O6S/c1-21(2,3)33-20(29)26-6-5-17(15(22)11-26)32-18-9-24-16(7-14(18)19(23)28)13-8-25-27(10-13)12-34(4,30)31/h7-10,15,17H,5-6,11-12H2,1-4H3,(H2,23,28)/t15-,17+/m0/s1. The molecule has 1 aliphatic rings. The van der Waals surface area contributed by atoms with Crippen molar-refractivity contribution < 1.29 is 31.9 Å². The van der Waals surface area contributed by atoms with Crippen LogP contribution in [0, 0.1) is 0 Å². The van der Waals surface area contributed by atoms with Crippen LogP contribution >= 0.6 is 0 Å². The molecule has 34 heavy (non-hydrogen) atoms. The second kappa shape index (κ2) is 9.57. The number of alkyl halides is 1. The number of amides is 2. The first kappa shape index (κ1) is 25.4. The van der Waals surface area contributed by atoms with Crippen LogP contribution in [0.4, 0.5) is 9.18 Å². The van der Waals surface area contributed by atoms with E-state index >= 15 is 0 Å². The zero-order valence-electron chi connectivity index (χ0n) is 19.4. The minimum atomic E-state index is -3.30. The summed E-state index contributed by atoms with van der Waals surface area (Å²) in [6, 6.07) is 1.38. The van der Waals surface area contributed by atoms with E-state index in [1.54, 1.807) is 20.8 Å². The van der Waals surface area contributed by atoms with Gasteiger partial charge in [-0.1, -0.05) is 0 Å². The van der Waals surface area contributed by atoms with Crippen molar-refractivity contribution in [3.8, 4) is 17.0 Å². The summed E-state index contributed by atoms with van der Waals surface area (Å²) in [6.45, 7) is 5.19. The Kier molecular flexibility index (Phi) is 7.15. The summed E-state index contributed by atoms with van der Waals surface area (Å²) in [6.07, 6.45) is 2.36. The summed E-state index contributed by atoms with van der Waals surface area (Å²) in [7, 11) is -3.30. The first-order chi connectivity index (χ1) is 15.7. The maximum absolute atomic E-state index is 14.8. The molecule has 0 spiro atoms. The van der Waals surface area contributed by atoms with Crippen LogP contribution in [0.15, 0.2) is 24.7 Å².